The first-order valence-corrected chi connectivity index (χ1v) is 10.4. The molecule has 6 heteroatoms. The Hall–Kier alpha value is -2.08. The van der Waals surface area contributed by atoms with Crippen LogP contribution in [-0.2, 0) is 9.53 Å². The number of benzene rings is 1. The maximum absolute atomic E-state index is 12.7. The number of hydrogen-bond donors (Lipinski definition) is 2. The van der Waals surface area contributed by atoms with E-state index in [1.54, 1.807) is 6.07 Å². The molecule has 0 bridgehead atoms. The molecule has 0 aliphatic rings. The van der Waals surface area contributed by atoms with Gasteiger partial charge in [0.05, 0.1) is 5.56 Å². The highest BCUT2D eigenvalue weighted by molar-refractivity contribution is 6.02. The minimum Gasteiger partial charge on any atom is -0.382 e. The molecule has 6 nitrogen and oxygen atoms in total. The standard InChI is InChI=1S/C22H37N3O3/c1-6-9-11-17(7-2)21(26)24-18-12-13-20(25(4)5)19(16-18)22(27)23-14-10-15-28-8-3/h12-13,16-17H,6-11,14-15H2,1-5H3,(H,23,27)(H,24,26)/t17-/m1/s1. The van der Waals surface area contributed by atoms with Crippen molar-refractivity contribution in [2.75, 3.05) is 44.1 Å². The number of ether oxygens (including phenoxy) is 1. The van der Waals surface area contributed by atoms with Crippen molar-refractivity contribution in [1.82, 2.24) is 5.32 Å². The van der Waals surface area contributed by atoms with Gasteiger partial charge in [0.2, 0.25) is 5.91 Å². The van der Waals surface area contributed by atoms with Gasteiger partial charge in [-0.25, -0.2) is 0 Å². The lowest BCUT2D eigenvalue weighted by Crippen LogP contribution is -2.28. The summed E-state index contributed by atoms with van der Waals surface area (Å²) in [6.07, 6.45) is 4.59. The highest BCUT2D eigenvalue weighted by Crippen LogP contribution is 2.24. The quantitative estimate of drug-likeness (QED) is 0.497. The molecular weight excluding hydrogens is 354 g/mol. The number of nitrogens with one attached hydrogen (secondary N) is 2. The molecule has 0 saturated heterocycles. The zero-order chi connectivity index (χ0) is 20.9. The Balaban J connectivity index is 2.85. The monoisotopic (exact) mass is 391 g/mol. The highest BCUT2D eigenvalue weighted by Gasteiger charge is 2.18. The first-order valence-electron chi connectivity index (χ1n) is 10.4. The number of carbonyl (C=O) groups excluding carboxylic acids is 2. The minimum absolute atomic E-state index is 0.00400. The van der Waals surface area contributed by atoms with Gasteiger partial charge in [0.1, 0.15) is 0 Å². The second-order valence-corrected chi connectivity index (χ2v) is 7.17. The van der Waals surface area contributed by atoms with Crippen molar-refractivity contribution in [3.05, 3.63) is 23.8 Å². The van der Waals surface area contributed by atoms with E-state index >= 15 is 0 Å². The van der Waals surface area contributed by atoms with Crippen LogP contribution in [-0.4, -0.2) is 45.7 Å². The second-order valence-electron chi connectivity index (χ2n) is 7.17. The molecule has 158 valence electrons. The van der Waals surface area contributed by atoms with E-state index < -0.39 is 0 Å². The molecule has 0 heterocycles. The van der Waals surface area contributed by atoms with E-state index in [0.29, 0.717) is 31.0 Å². The Morgan fingerprint density at radius 3 is 2.50 bits per heavy atom. The molecule has 28 heavy (non-hydrogen) atoms. The van der Waals surface area contributed by atoms with Gasteiger partial charge >= 0.3 is 0 Å². The maximum Gasteiger partial charge on any atom is 0.253 e. The summed E-state index contributed by atoms with van der Waals surface area (Å²) in [6.45, 7) is 7.98. The van der Waals surface area contributed by atoms with Gasteiger partial charge in [-0.15, -0.1) is 0 Å². The summed E-state index contributed by atoms with van der Waals surface area (Å²) in [5, 5.41) is 5.93. The topological polar surface area (TPSA) is 70.7 Å². The van der Waals surface area contributed by atoms with E-state index in [4.69, 9.17) is 4.74 Å². The summed E-state index contributed by atoms with van der Waals surface area (Å²) in [5.74, 6) is -0.115. The number of hydrogen-bond acceptors (Lipinski definition) is 4. The van der Waals surface area contributed by atoms with E-state index in [2.05, 4.69) is 17.6 Å². The predicted octanol–water partition coefficient (Wildman–Crippen LogP) is 4.06. The number of carbonyl (C=O) groups is 2. The van der Waals surface area contributed by atoms with Crippen molar-refractivity contribution in [2.24, 2.45) is 5.92 Å². The molecule has 1 aromatic rings. The van der Waals surface area contributed by atoms with Crippen LogP contribution < -0.4 is 15.5 Å². The van der Waals surface area contributed by atoms with Crippen LogP contribution in [0.1, 0.15) is 63.2 Å². The highest BCUT2D eigenvalue weighted by atomic mass is 16.5. The van der Waals surface area contributed by atoms with E-state index in [1.807, 2.05) is 45.0 Å². The fourth-order valence-corrected chi connectivity index (χ4v) is 3.02. The molecule has 0 aliphatic carbocycles. The Morgan fingerprint density at radius 1 is 1.14 bits per heavy atom. The van der Waals surface area contributed by atoms with E-state index in [9.17, 15) is 9.59 Å². The third-order valence-electron chi connectivity index (χ3n) is 4.72. The average Bonchev–Trinajstić information content (AvgIpc) is 2.68. The van der Waals surface area contributed by atoms with Gasteiger partial charge in [-0.2, -0.15) is 0 Å². The van der Waals surface area contributed by atoms with Gasteiger partial charge in [-0.05, 0) is 44.4 Å². The van der Waals surface area contributed by atoms with Crippen molar-refractivity contribution in [3.63, 3.8) is 0 Å². The second kappa shape index (κ2) is 13.2. The number of amides is 2. The van der Waals surface area contributed by atoms with Crippen molar-refractivity contribution in [1.29, 1.82) is 0 Å². The van der Waals surface area contributed by atoms with Crippen LogP contribution in [0.5, 0.6) is 0 Å². The molecule has 0 spiro atoms. The third kappa shape index (κ3) is 7.89. The molecule has 0 unspecified atom stereocenters. The molecule has 2 amide bonds. The Kier molecular flexibility index (Phi) is 11.3. The molecule has 1 aromatic carbocycles. The summed E-state index contributed by atoms with van der Waals surface area (Å²) < 4.78 is 5.30. The van der Waals surface area contributed by atoms with Crippen LogP contribution in [0.4, 0.5) is 11.4 Å². The Bertz CT molecular complexity index is 617. The number of unbranched alkanes of at least 4 members (excludes halogenated alkanes) is 1. The summed E-state index contributed by atoms with van der Waals surface area (Å²) in [7, 11) is 3.80. The summed E-state index contributed by atoms with van der Waals surface area (Å²) in [6, 6.07) is 5.49. The van der Waals surface area contributed by atoms with Crippen LogP contribution in [0.3, 0.4) is 0 Å². The molecule has 2 N–H and O–H groups in total. The minimum atomic E-state index is -0.144. The van der Waals surface area contributed by atoms with Crippen LogP contribution in [0.25, 0.3) is 0 Å². The van der Waals surface area contributed by atoms with Crippen molar-refractivity contribution in [2.45, 2.75) is 52.9 Å². The molecule has 1 rings (SSSR count). The zero-order valence-corrected chi connectivity index (χ0v) is 18.1. The molecule has 0 fully saturated rings. The maximum atomic E-state index is 12.7. The first kappa shape index (κ1) is 24.0. The normalized spacial score (nSPS) is 11.8. The molecule has 0 aliphatic heterocycles. The van der Waals surface area contributed by atoms with Crippen molar-refractivity contribution < 1.29 is 14.3 Å². The molecule has 0 saturated carbocycles. The zero-order valence-electron chi connectivity index (χ0n) is 18.1. The van der Waals surface area contributed by atoms with Gasteiger partial charge < -0.3 is 20.3 Å². The average molecular weight is 392 g/mol. The summed E-state index contributed by atoms with van der Waals surface area (Å²) in [5.41, 5.74) is 2.03. The predicted molar refractivity (Wildman–Crippen MR) is 116 cm³/mol. The summed E-state index contributed by atoms with van der Waals surface area (Å²) in [4.78, 5) is 27.2. The lowest BCUT2D eigenvalue weighted by Gasteiger charge is -2.20. The smallest absolute Gasteiger partial charge is 0.253 e. The Morgan fingerprint density at radius 2 is 1.89 bits per heavy atom. The molecule has 0 radical (unpaired) electrons. The fraction of sp³-hybridized carbons (Fsp3) is 0.636. The number of rotatable bonds is 13. The number of anilines is 2. The van der Waals surface area contributed by atoms with Crippen LogP contribution in [0.15, 0.2) is 18.2 Å². The molecule has 1 atom stereocenters. The van der Waals surface area contributed by atoms with E-state index in [-0.39, 0.29) is 17.7 Å². The van der Waals surface area contributed by atoms with Crippen molar-refractivity contribution in [3.8, 4) is 0 Å². The van der Waals surface area contributed by atoms with Gasteiger partial charge in [0.15, 0.2) is 0 Å². The van der Waals surface area contributed by atoms with Crippen LogP contribution in [0, 0.1) is 5.92 Å². The van der Waals surface area contributed by atoms with Crippen molar-refractivity contribution >= 4 is 23.2 Å². The lowest BCUT2D eigenvalue weighted by molar-refractivity contribution is -0.120. The molecular formula is C22H37N3O3. The van der Waals surface area contributed by atoms with Crippen LogP contribution >= 0.6 is 0 Å². The lowest BCUT2D eigenvalue weighted by atomic mass is 9.98. The van der Waals surface area contributed by atoms with Gasteiger partial charge in [-0.3, -0.25) is 9.59 Å². The van der Waals surface area contributed by atoms with Gasteiger partial charge in [-0.1, -0.05) is 26.7 Å². The van der Waals surface area contributed by atoms with E-state index in [1.165, 1.54) is 0 Å². The van der Waals surface area contributed by atoms with Gasteiger partial charge in [0.25, 0.3) is 5.91 Å². The third-order valence-corrected chi connectivity index (χ3v) is 4.72. The molecule has 0 aromatic heterocycles. The number of nitrogens with zero attached hydrogens (tertiary/aromatic N) is 1. The van der Waals surface area contributed by atoms with Gasteiger partial charge in [0, 0.05) is 51.1 Å². The largest absolute Gasteiger partial charge is 0.382 e. The Labute approximate surface area is 170 Å². The summed E-state index contributed by atoms with van der Waals surface area (Å²) >= 11 is 0. The fourth-order valence-electron chi connectivity index (χ4n) is 3.02. The van der Waals surface area contributed by atoms with Crippen LogP contribution in [0.2, 0.25) is 0 Å². The van der Waals surface area contributed by atoms with E-state index in [0.717, 1.165) is 37.8 Å². The first-order chi connectivity index (χ1) is 13.4. The SMILES string of the molecule is CCCC[C@@H](CC)C(=O)Nc1ccc(N(C)C)c(C(=O)NCCCOCC)c1.